The molecule has 2 bridgehead atoms. The molecule has 1 saturated carbocycles. The van der Waals surface area contributed by atoms with Gasteiger partial charge < -0.3 is 24.3 Å². The fraction of sp³-hybridized carbons (Fsp3) is 0.652. The van der Waals surface area contributed by atoms with E-state index in [2.05, 4.69) is 34.5 Å². The van der Waals surface area contributed by atoms with Crippen molar-refractivity contribution < 1.29 is 18.9 Å². The standard InChI is InChI=1S/C23H30N2O4/c1-26-19-12-16-15-5-9-25-8-3-6-22(14-21-28-10-11-29-21)7-4-17(15)23(22,25)24-18(16)13-20(19)27-2/h3,6,12-13,15,17,21,24H,4-5,7-11,14H2,1-2H3/t15-,17-,22-,23+/m0/s1. The van der Waals surface area contributed by atoms with Crippen LogP contribution in [0.2, 0.25) is 0 Å². The Morgan fingerprint density at radius 3 is 2.72 bits per heavy atom. The van der Waals surface area contributed by atoms with Gasteiger partial charge >= 0.3 is 0 Å². The summed E-state index contributed by atoms with van der Waals surface area (Å²) < 4.78 is 23.1. The van der Waals surface area contributed by atoms with Gasteiger partial charge in [0.05, 0.1) is 27.4 Å². The van der Waals surface area contributed by atoms with Gasteiger partial charge in [-0.25, -0.2) is 0 Å². The van der Waals surface area contributed by atoms with Crippen molar-refractivity contribution in [2.24, 2.45) is 11.3 Å². The van der Waals surface area contributed by atoms with Crippen LogP contribution in [0, 0.1) is 11.3 Å². The average molecular weight is 399 g/mol. The Balaban J connectivity index is 1.49. The van der Waals surface area contributed by atoms with Crippen LogP contribution >= 0.6 is 0 Å². The van der Waals surface area contributed by atoms with Gasteiger partial charge in [-0.1, -0.05) is 12.2 Å². The second-order valence-electron chi connectivity index (χ2n) is 9.11. The number of rotatable bonds is 4. The zero-order chi connectivity index (χ0) is 19.6. The quantitative estimate of drug-likeness (QED) is 0.785. The number of hydrogen-bond acceptors (Lipinski definition) is 6. The minimum absolute atomic E-state index is 0.0223. The van der Waals surface area contributed by atoms with Crippen LogP contribution in [-0.2, 0) is 9.47 Å². The van der Waals surface area contributed by atoms with Gasteiger partial charge in [0, 0.05) is 42.6 Å². The van der Waals surface area contributed by atoms with Gasteiger partial charge in [0.25, 0.3) is 0 Å². The van der Waals surface area contributed by atoms with Gasteiger partial charge in [-0.05, 0) is 36.8 Å². The molecule has 1 aromatic carbocycles. The van der Waals surface area contributed by atoms with Crippen molar-refractivity contribution >= 4 is 5.69 Å². The number of hydrogen-bond donors (Lipinski definition) is 1. The van der Waals surface area contributed by atoms with Crippen molar-refractivity contribution in [3.8, 4) is 11.5 Å². The summed E-state index contributed by atoms with van der Waals surface area (Å²) in [7, 11) is 3.43. The van der Waals surface area contributed by atoms with E-state index in [4.69, 9.17) is 18.9 Å². The number of anilines is 1. The molecule has 156 valence electrons. The number of piperidine rings is 1. The predicted molar refractivity (Wildman–Crippen MR) is 109 cm³/mol. The largest absolute Gasteiger partial charge is 0.493 e. The monoisotopic (exact) mass is 398 g/mol. The van der Waals surface area contributed by atoms with Gasteiger partial charge in [-0.15, -0.1) is 0 Å². The molecule has 29 heavy (non-hydrogen) atoms. The van der Waals surface area contributed by atoms with Crippen LogP contribution in [0.25, 0.3) is 0 Å². The van der Waals surface area contributed by atoms with E-state index in [-0.39, 0.29) is 17.4 Å². The SMILES string of the molecule is COc1cc2c(cc1OC)[C@@H]1CCN3CC=C[C@@]4(CC5OCCO5)CC[C@@H]1[C@@]34N2. The van der Waals surface area contributed by atoms with E-state index >= 15 is 0 Å². The van der Waals surface area contributed by atoms with E-state index in [1.54, 1.807) is 14.2 Å². The molecular formula is C23H30N2O4. The van der Waals surface area contributed by atoms with Crippen molar-refractivity contribution in [1.29, 1.82) is 0 Å². The average Bonchev–Trinajstić information content (AvgIpc) is 3.36. The van der Waals surface area contributed by atoms with E-state index in [1.807, 2.05) is 0 Å². The van der Waals surface area contributed by atoms with Gasteiger partial charge in [-0.2, -0.15) is 0 Å². The van der Waals surface area contributed by atoms with Gasteiger partial charge in [0.2, 0.25) is 0 Å². The first-order chi connectivity index (χ1) is 14.2. The van der Waals surface area contributed by atoms with Crippen LogP contribution < -0.4 is 14.8 Å². The molecule has 0 unspecified atom stereocenters. The molecular weight excluding hydrogens is 368 g/mol. The van der Waals surface area contributed by atoms with Crippen LogP contribution in [0.15, 0.2) is 24.3 Å². The molecule has 6 heteroatoms. The van der Waals surface area contributed by atoms with E-state index in [1.165, 1.54) is 30.5 Å². The fourth-order valence-corrected chi connectivity index (χ4v) is 7.08. The lowest BCUT2D eigenvalue weighted by Crippen LogP contribution is -2.71. The zero-order valence-electron chi connectivity index (χ0n) is 17.3. The number of nitrogens with zero attached hydrogens (tertiary/aromatic N) is 1. The lowest BCUT2D eigenvalue weighted by atomic mass is 9.61. The van der Waals surface area contributed by atoms with Crippen molar-refractivity contribution in [3.63, 3.8) is 0 Å². The molecule has 6 nitrogen and oxygen atoms in total. The summed E-state index contributed by atoms with van der Waals surface area (Å²) in [4.78, 5) is 2.69. The Morgan fingerprint density at radius 1 is 1.14 bits per heavy atom. The fourth-order valence-electron chi connectivity index (χ4n) is 7.08. The van der Waals surface area contributed by atoms with Crippen LogP contribution in [0.4, 0.5) is 5.69 Å². The first kappa shape index (κ1) is 18.0. The van der Waals surface area contributed by atoms with Crippen LogP contribution in [0.5, 0.6) is 11.5 Å². The summed E-state index contributed by atoms with van der Waals surface area (Å²) in [5.41, 5.74) is 2.53. The molecule has 0 aromatic heterocycles. The van der Waals surface area contributed by atoms with Crippen LogP contribution in [0.3, 0.4) is 0 Å². The molecule has 1 aromatic rings. The Hall–Kier alpha value is -1.76. The molecule has 3 fully saturated rings. The Kier molecular flexibility index (Phi) is 3.96. The smallest absolute Gasteiger partial charge is 0.162 e. The van der Waals surface area contributed by atoms with Gasteiger partial charge in [0.15, 0.2) is 17.8 Å². The highest BCUT2D eigenvalue weighted by Gasteiger charge is 2.68. The van der Waals surface area contributed by atoms with Crippen molar-refractivity contribution in [1.82, 2.24) is 4.90 Å². The number of methoxy groups -OCH3 is 2. The van der Waals surface area contributed by atoms with Gasteiger partial charge in [-0.3, -0.25) is 4.90 Å². The third-order valence-electron chi connectivity index (χ3n) is 8.16. The molecule has 1 N–H and O–H groups in total. The summed E-state index contributed by atoms with van der Waals surface area (Å²) in [6.45, 7) is 3.54. The summed E-state index contributed by atoms with van der Waals surface area (Å²) in [5, 5.41) is 4.07. The third kappa shape index (κ3) is 2.28. The summed E-state index contributed by atoms with van der Waals surface area (Å²) in [6, 6.07) is 4.34. The number of nitrogens with one attached hydrogen (secondary N) is 1. The molecule has 1 aliphatic carbocycles. The molecule has 4 heterocycles. The molecule has 4 aliphatic heterocycles. The maximum Gasteiger partial charge on any atom is 0.162 e. The second kappa shape index (κ2) is 6.37. The van der Waals surface area contributed by atoms with Crippen LogP contribution in [0.1, 0.15) is 37.2 Å². The maximum atomic E-state index is 5.91. The molecule has 0 amide bonds. The first-order valence-corrected chi connectivity index (χ1v) is 10.9. The second-order valence-corrected chi connectivity index (χ2v) is 9.11. The van der Waals surface area contributed by atoms with E-state index in [0.717, 1.165) is 31.0 Å². The Labute approximate surface area is 172 Å². The van der Waals surface area contributed by atoms with Crippen molar-refractivity contribution in [2.75, 3.05) is 45.8 Å². The molecule has 1 spiro atoms. The van der Waals surface area contributed by atoms with Crippen molar-refractivity contribution in [2.45, 2.75) is 43.6 Å². The Bertz CT molecular complexity index is 852. The van der Waals surface area contributed by atoms with Crippen molar-refractivity contribution in [3.05, 3.63) is 29.8 Å². The number of fused-ring (bicyclic) bond motifs is 2. The highest BCUT2D eigenvalue weighted by Crippen LogP contribution is 2.67. The molecule has 4 atom stereocenters. The Morgan fingerprint density at radius 2 is 1.93 bits per heavy atom. The van der Waals surface area contributed by atoms with E-state index in [9.17, 15) is 0 Å². The van der Waals surface area contributed by atoms with E-state index < -0.39 is 0 Å². The highest BCUT2D eigenvalue weighted by molar-refractivity contribution is 5.66. The number of ether oxygens (including phenoxy) is 4. The molecule has 2 saturated heterocycles. The van der Waals surface area contributed by atoms with Crippen LogP contribution in [-0.4, -0.2) is 57.4 Å². The van der Waals surface area contributed by atoms with Gasteiger partial charge in [0.1, 0.15) is 5.66 Å². The topological polar surface area (TPSA) is 52.2 Å². The lowest BCUT2D eigenvalue weighted by Gasteiger charge is -2.63. The summed E-state index contributed by atoms with van der Waals surface area (Å²) in [6.07, 6.45) is 9.25. The number of benzene rings is 1. The minimum atomic E-state index is -0.0956. The predicted octanol–water partition coefficient (Wildman–Crippen LogP) is 3.34. The van der Waals surface area contributed by atoms with E-state index in [0.29, 0.717) is 25.0 Å². The summed E-state index contributed by atoms with van der Waals surface area (Å²) in [5.74, 6) is 2.73. The maximum absolute atomic E-state index is 5.91. The molecule has 0 radical (unpaired) electrons. The molecule has 6 rings (SSSR count). The lowest BCUT2D eigenvalue weighted by molar-refractivity contribution is -0.107. The highest BCUT2D eigenvalue weighted by atomic mass is 16.7. The minimum Gasteiger partial charge on any atom is -0.493 e. The zero-order valence-corrected chi connectivity index (χ0v) is 17.3. The molecule has 5 aliphatic rings. The third-order valence-corrected chi connectivity index (χ3v) is 8.16. The normalized spacial score (nSPS) is 37.7. The first-order valence-electron chi connectivity index (χ1n) is 10.9. The summed E-state index contributed by atoms with van der Waals surface area (Å²) >= 11 is 0.